The van der Waals surface area contributed by atoms with E-state index in [1.54, 1.807) is 0 Å². The molecule has 0 radical (unpaired) electrons. The predicted molar refractivity (Wildman–Crippen MR) is 77.8 cm³/mol. The fourth-order valence-electron chi connectivity index (χ4n) is 1.63. The molecule has 9 heteroatoms. The molecule has 23 heavy (non-hydrogen) atoms. The molecule has 0 bridgehead atoms. The van der Waals surface area contributed by atoms with Crippen LogP contribution in [-0.2, 0) is 14.3 Å². The molecule has 1 amide bonds. The Morgan fingerprint density at radius 1 is 1.26 bits per heavy atom. The molecule has 1 aromatic carbocycles. The Balaban J connectivity index is 2.79. The zero-order valence-corrected chi connectivity index (χ0v) is 12.7. The van der Waals surface area contributed by atoms with Crippen LogP contribution >= 0.6 is 0 Å². The second-order valence-electron chi connectivity index (χ2n) is 4.30. The summed E-state index contributed by atoms with van der Waals surface area (Å²) in [5, 5.41) is 5.23. The highest BCUT2D eigenvalue weighted by Crippen LogP contribution is 2.27. The summed E-state index contributed by atoms with van der Waals surface area (Å²) in [5.41, 5.74) is 0.0517. The number of rotatable bonds is 9. The van der Waals surface area contributed by atoms with Crippen LogP contribution in [0.4, 0.5) is 14.5 Å². The lowest BCUT2D eigenvalue weighted by molar-refractivity contribution is -0.115. The summed E-state index contributed by atoms with van der Waals surface area (Å²) < 4.78 is 38.6. The first-order valence-electron chi connectivity index (χ1n) is 6.64. The molecule has 0 saturated carbocycles. The lowest BCUT2D eigenvalue weighted by Crippen LogP contribution is -2.30. The summed E-state index contributed by atoms with van der Waals surface area (Å²) in [5.74, 6) is -1.48. The molecule has 128 valence electrons. The summed E-state index contributed by atoms with van der Waals surface area (Å²) >= 11 is 0. The van der Waals surface area contributed by atoms with E-state index in [4.69, 9.17) is 4.74 Å². The maximum Gasteiger partial charge on any atom is 0.387 e. The smallest absolute Gasteiger partial charge is 0.387 e. The van der Waals surface area contributed by atoms with Gasteiger partial charge in [-0.05, 0) is 18.2 Å². The molecule has 7 nitrogen and oxygen atoms in total. The van der Waals surface area contributed by atoms with Crippen LogP contribution in [0.2, 0.25) is 0 Å². The van der Waals surface area contributed by atoms with E-state index in [9.17, 15) is 18.4 Å². The summed E-state index contributed by atoms with van der Waals surface area (Å²) in [6, 6.07) is 3.70. The molecular weight excluding hydrogens is 314 g/mol. The van der Waals surface area contributed by atoms with E-state index in [0.29, 0.717) is 13.2 Å². The number of esters is 1. The average Bonchev–Trinajstić information content (AvgIpc) is 2.52. The Morgan fingerprint density at radius 2 is 2.00 bits per heavy atom. The highest BCUT2D eigenvalue weighted by atomic mass is 19.3. The summed E-state index contributed by atoms with van der Waals surface area (Å²) in [6.07, 6.45) is 0. The number of methoxy groups -OCH3 is 2. The normalized spacial score (nSPS) is 10.5. The van der Waals surface area contributed by atoms with E-state index < -0.39 is 18.5 Å². The van der Waals surface area contributed by atoms with E-state index in [2.05, 4.69) is 20.1 Å². The molecule has 0 saturated heterocycles. The molecule has 0 atom stereocenters. The lowest BCUT2D eigenvalue weighted by Gasteiger charge is -2.13. The van der Waals surface area contributed by atoms with Crippen molar-refractivity contribution in [3.05, 3.63) is 23.8 Å². The van der Waals surface area contributed by atoms with Gasteiger partial charge in [-0.1, -0.05) is 0 Å². The highest BCUT2D eigenvalue weighted by molar-refractivity contribution is 5.95. The van der Waals surface area contributed by atoms with Crippen molar-refractivity contribution >= 4 is 17.6 Å². The van der Waals surface area contributed by atoms with Gasteiger partial charge < -0.3 is 24.8 Å². The summed E-state index contributed by atoms with van der Waals surface area (Å²) in [4.78, 5) is 23.2. The van der Waals surface area contributed by atoms with Gasteiger partial charge in [-0.3, -0.25) is 4.79 Å². The molecule has 1 aromatic rings. The number of carbonyl (C=O) groups excluding carboxylic acids is 2. The van der Waals surface area contributed by atoms with Gasteiger partial charge in [-0.2, -0.15) is 8.78 Å². The van der Waals surface area contributed by atoms with Gasteiger partial charge >= 0.3 is 12.6 Å². The van der Waals surface area contributed by atoms with Crippen molar-refractivity contribution in [1.29, 1.82) is 0 Å². The number of benzene rings is 1. The molecule has 0 unspecified atom stereocenters. The van der Waals surface area contributed by atoms with Gasteiger partial charge in [0.05, 0.1) is 31.5 Å². The number of amides is 1. The molecule has 0 aromatic heterocycles. The third kappa shape index (κ3) is 6.57. The molecule has 0 heterocycles. The van der Waals surface area contributed by atoms with Crippen LogP contribution in [0.5, 0.6) is 5.75 Å². The first kappa shape index (κ1) is 18.8. The summed E-state index contributed by atoms with van der Waals surface area (Å²) in [7, 11) is 2.69. The quantitative estimate of drug-likeness (QED) is 0.523. The number of alkyl halides is 2. The lowest BCUT2D eigenvalue weighted by atomic mass is 10.2. The van der Waals surface area contributed by atoms with Crippen molar-refractivity contribution in [1.82, 2.24) is 5.32 Å². The number of anilines is 1. The van der Waals surface area contributed by atoms with Crippen molar-refractivity contribution in [3.8, 4) is 5.75 Å². The zero-order valence-electron chi connectivity index (χ0n) is 12.7. The first-order valence-corrected chi connectivity index (χ1v) is 6.64. The molecule has 0 fully saturated rings. The Bertz CT molecular complexity index is 540. The Kier molecular flexibility index (Phi) is 7.92. The number of carbonyl (C=O) groups is 2. The molecule has 2 N–H and O–H groups in total. The Morgan fingerprint density at radius 3 is 2.61 bits per heavy atom. The molecule has 0 spiro atoms. The third-order valence-electron chi connectivity index (χ3n) is 2.66. The van der Waals surface area contributed by atoms with Crippen molar-refractivity contribution in [2.24, 2.45) is 0 Å². The minimum Gasteiger partial charge on any atom is -0.465 e. The van der Waals surface area contributed by atoms with Gasteiger partial charge in [0.15, 0.2) is 0 Å². The second-order valence-corrected chi connectivity index (χ2v) is 4.30. The summed E-state index contributed by atoms with van der Waals surface area (Å²) in [6.45, 7) is -2.23. The topological polar surface area (TPSA) is 85.9 Å². The van der Waals surface area contributed by atoms with E-state index in [1.807, 2.05) is 0 Å². The van der Waals surface area contributed by atoms with Crippen LogP contribution in [0.3, 0.4) is 0 Å². The number of hydrogen-bond acceptors (Lipinski definition) is 6. The van der Waals surface area contributed by atoms with E-state index in [0.717, 1.165) is 13.2 Å². The molecule has 0 aliphatic heterocycles. The Hall–Kier alpha value is -2.26. The van der Waals surface area contributed by atoms with Crippen molar-refractivity contribution in [2.75, 3.05) is 39.2 Å². The standard InChI is InChI=1S/C14H18F2N2O5/c1-21-6-5-17-8-12(19)18-10-4-3-9(13(20)22-2)7-11(10)23-14(15)16/h3-4,7,14,17H,5-6,8H2,1-2H3,(H,18,19). The van der Waals surface area contributed by atoms with Crippen LogP contribution in [-0.4, -0.2) is 52.4 Å². The van der Waals surface area contributed by atoms with Crippen molar-refractivity contribution in [3.63, 3.8) is 0 Å². The fraction of sp³-hybridized carbons (Fsp3) is 0.429. The fourth-order valence-corrected chi connectivity index (χ4v) is 1.63. The maximum absolute atomic E-state index is 12.5. The SMILES string of the molecule is COCCNCC(=O)Nc1ccc(C(=O)OC)cc1OC(F)F. The maximum atomic E-state index is 12.5. The predicted octanol–water partition coefficient (Wildman–Crippen LogP) is 1.25. The molecule has 0 aliphatic carbocycles. The molecule has 0 aliphatic rings. The second kappa shape index (κ2) is 9.70. The minimum absolute atomic E-state index is 0.0245. The van der Waals surface area contributed by atoms with Crippen LogP contribution < -0.4 is 15.4 Å². The minimum atomic E-state index is -3.10. The van der Waals surface area contributed by atoms with Gasteiger partial charge in [0.2, 0.25) is 5.91 Å². The van der Waals surface area contributed by atoms with Gasteiger partial charge in [0.25, 0.3) is 0 Å². The molecular formula is C14H18F2N2O5. The highest BCUT2D eigenvalue weighted by Gasteiger charge is 2.15. The third-order valence-corrected chi connectivity index (χ3v) is 2.66. The van der Waals surface area contributed by atoms with Crippen LogP contribution in [0.15, 0.2) is 18.2 Å². The van der Waals surface area contributed by atoms with E-state index in [1.165, 1.54) is 19.2 Å². The van der Waals surface area contributed by atoms with E-state index in [-0.39, 0.29) is 23.5 Å². The van der Waals surface area contributed by atoms with Crippen molar-refractivity contribution < 1.29 is 32.6 Å². The van der Waals surface area contributed by atoms with Crippen LogP contribution in [0, 0.1) is 0 Å². The Labute approximate surface area is 131 Å². The monoisotopic (exact) mass is 332 g/mol. The van der Waals surface area contributed by atoms with Crippen molar-refractivity contribution in [2.45, 2.75) is 6.61 Å². The van der Waals surface area contributed by atoms with Gasteiger partial charge in [0, 0.05) is 13.7 Å². The average molecular weight is 332 g/mol. The number of ether oxygens (including phenoxy) is 3. The number of nitrogens with one attached hydrogen (secondary N) is 2. The van der Waals surface area contributed by atoms with Gasteiger partial charge in [0.1, 0.15) is 5.75 Å². The number of hydrogen-bond donors (Lipinski definition) is 2. The molecule has 1 rings (SSSR count). The van der Waals surface area contributed by atoms with Crippen LogP contribution in [0.25, 0.3) is 0 Å². The van der Waals surface area contributed by atoms with E-state index >= 15 is 0 Å². The van der Waals surface area contributed by atoms with Gasteiger partial charge in [-0.15, -0.1) is 0 Å². The largest absolute Gasteiger partial charge is 0.465 e. The van der Waals surface area contributed by atoms with Gasteiger partial charge in [-0.25, -0.2) is 4.79 Å². The zero-order chi connectivity index (χ0) is 17.2. The van der Waals surface area contributed by atoms with Crippen LogP contribution in [0.1, 0.15) is 10.4 Å². The first-order chi connectivity index (χ1) is 11.0. The number of halogens is 2.